The van der Waals surface area contributed by atoms with Crippen LogP contribution in [0.1, 0.15) is 12.5 Å². The number of anilines is 3. The zero-order valence-electron chi connectivity index (χ0n) is 18.6. The number of hydrogen-bond donors (Lipinski definition) is 1. The van der Waals surface area contributed by atoms with E-state index >= 15 is 0 Å². The van der Waals surface area contributed by atoms with Crippen LogP contribution in [0.3, 0.4) is 0 Å². The standard InChI is InChI=1S/C26H24ClN3O3/c1-4-33-20-15-9-17(10-16-20)23-24(28-18-11-13-19(14-12-18)29(2)3)26(32)30(25(23)31)22-8-6-5-7-21(22)27/h5-16,28H,4H2,1-3H3. The molecule has 0 radical (unpaired) electrons. The van der Waals surface area contributed by atoms with E-state index in [1.165, 1.54) is 0 Å². The van der Waals surface area contributed by atoms with Crippen molar-refractivity contribution in [2.24, 2.45) is 0 Å². The first kappa shape index (κ1) is 22.4. The average Bonchev–Trinajstić information content (AvgIpc) is 3.05. The highest BCUT2D eigenvalue weighted by atomic mass is 35.5. The van der Waals surface area contributed by atoms with Crippen LogP contribution >= 0.6 is 11.6 Å². The topological polar surface area (TPSA) is 61.9 Å². The molecule has 3 aromatic rings. The van der Waals surface area contributed by atoms with Crippen LogP contribution in [0.25, 0.3) is 5.57 Å². The van der Waals surface area contributed by atoms with Gasteiger partial charge in [0.1, 0.15) is 11.4 Å². The number of carbonyl (C=O) groups is 2. The predicted molar refractivity (Wildman–Crippen MR) is 133 cm³/mol. The molecule has 3 aromatic carbocycles. The maximum absolute atomic E-state index is 13.5. The lowest BCUT2D eigenvalue weighted by molar-refractivity contribution is -0.120. The van der Waals surface area contributed by atoms with Crippen molar-refractivity contribution in [1.29, 1.82) is 0 Å². The third-order valence-electron chi connectivity index (χ3n) is 5.28. The van der Waals surface area contributed by atoms with Gasteiger partial charge in [0.2, 0.25) is 0 Å². The number of benzene rings is 3. The monoisotopic (exact) mass is 461 g/mol. The second-order valence-electron chi connectivity index (χ2n) is 7.67. The molecule has 0 bridgehead atoms. The predicted octanol–water partition coefficient (Wildman–Crippen LogP) is 5.20. The molecule has 6 nitrogen and oxygen atoms in total. The average molecular weight is 462 g/mol. The zero-order chi connectivity index (χ0) is 23.5. The first-order valence-corrected chi connectivity index (χ1v) is 10.9. The number of imide groups is 1. The van der Waals surface area contributed by atoms with E-state index in [9.17, 15) is 9.59 Å². The van der Waals surface area contributed by atoms with Crippen LogP contribution in [0, 0.1) is 0 Å². The Labute approximate surface area is 198 Å². The summed E-state index contributed by atoms with van der Waals surface area (Å²) in [6.07, 6.45) is 0. The van der Waals surface area contributed by atoms with E-state index in [1.807, 2.05) is 50.2 Å². The van der Waals surface area contributed by atoms with Crippen LogP contribution in [-0.4, -0.2) is 32.5 Å². The van der Waals surface area contributed by atoms with Crippen LogP contribution in [0.15, 0.2) is 78.5 Å². The van der Waals surface area contributed by atoms with Gasteiger partial charge in [-0.05, 0) is 61.0 Å². The molecule has 0 saturated heterocycles. The molecule has 0 spiro atoms. The molecular weight excluding hydrogens is 438 g/mol. The minimum Gasteiger partial charge on any atom is -0.494 e. The highest BCUT2D eigenvalue weighted by Crippen LogP contribution is 2.37. The van der Waals surface area contributed by atoms with Crippen molar-refractivity contribution in [2.75, 3.05) is 35.8 Å². The molecule has 1 N–H and O–H groups in total. The van der Waals surface area contributed by atoms with Crippen LogP contribution in [-0.2, 0) is 9.59 Å². The number of halogens is 1. The summed E-state index contributed by atoms with van der Waals surface area (Å²) in [6, 6.07) is 21.5. The fourth-order valence-corrected chi connectivity index (χ4v) is 3.86. The Morgan fingerprint density at radius 1 is 0.909 bits per heavy atom. The number of nitrogens with zero attached hydrogens (tertiary/aromatic N) is 2. The normalized spacial score (nSPS) is 13.5. The molecule has 0 unspecified atom stereocenters. The smallest absolute Gasteiger partial charge is 0.282 e. The number of hydrogen-bond acceptors (Lipinski definition) is 5. The van der Waals surface area contributed by atoms with Crippen molar-refractivity contribution in [1.82, 2.24) is 0 Å². The molecule has 7 heteroatoms. The highest BCUT2D eigenvalue weighted by molar-refractivity contribution is 6.48. The third-order valence-corrected chi connectivity index (χ3v) is 5.60. The molecule has 1 aliphatic rings. The van der Waals surface area contributed by atoms with Gasteiger partial charge in [-0.1, -0.05) is 35.9 Å². The van der Waals surface area contributed by atoms with Crippen molar-refractivity contribution in [2.45, 2.75) is 6.92 Å². The number of para-hydroxylation sites is 1. The minimum atomic E-state index is -0.464. The van der Waals surface area contributed by atoms with Crippen molar-refractivity contribution >= 4 is 46.1 Å². The van der Waals surface area contributed by atoms with Crippen molar-refractivity contribution in [3.05, 3.63) is 89.1 Å². The first-order valence-electron chi connectivity index (χ1n) is 10.6. The lowest BCUT2D eigenvalue weighted by Crippen LogP contribution is -2.32. The number of ether oxygens (including phenoxy) is 1. The molecule has 4 rings (SSSR count). The van der Waals surface area contributed by atoms with Crippen LogP contribution < -0.4 is 19.9 Å². The Morgan fingerprint density at radius 3 is 2.18 bits per heavy atom. The summed E-state index contributed by atoms with van der Waals surface area (Å²) in [5.74, 6) is -0.214. The van der Waals surface area contributed by atoms with Crippen molar-refractivity contribution < 1.29 is 14.3 Å². The number of amides is 2. The minimum absolute atomic E-state index is 0.196. The van der Waals surface area contributed by atoms with Gasteiger partial charge in [-0.2, -0.15) is 0 Å². The van der Waals surface area contributed by atoms with E-state index in [0.717, 1.165) is 10.6 Å². The first-order chi connectivity index (χ1) is 15.9. The van der Waals surface area contributed by atoms with E-state index in [-0.39, 0.29) is 11.3 Å². The molecule has 0 aliphatic carbocycles. The molecule has 0 saturated carbocycles. The zero-order valence-corrected chi connectivity index (χ0v) is 19.4. The van der Waals surface area contributed by atoms with Crippen molar-refractivity contribution in [3.8, 4) is 5.75 Å². The number of nitrogens with one attached hydrogen (secondary N) is 1. The second-order valence-corrected chi connectivity index (χ2v) is 8.08. The summed E-state index contributed by atoms with van der Waals surface area (Å²) in [5.41, 5.74) is 3.14. The Bertz CT molecular complexity index is 1220. The van der Waals surface area contributed by atoms with Gasteiger partial charge in [0.25, 0.3) is 11.8 Å². The van der Waals surface area contributed by atoms with E-state index in [1.54, 1.807) is 48.5 Å². The summed E-state index contributed by atoms with van der Waals surface area (Å²) >= 11 is 6.33. The Balaban J connectivity index is 1.78. The van der Waals surface area contributed by atoms with Crippen LogP contribution in [0.5, 0.6) is 5.75 Å². The maximum Gasteiger partial charge on any atom is 0.282 e. The van der Waals surface area contributed by atoms with E-state index in [0.29, 0.717) is 34.3 Å². The summed E-state index contributed by atoms with van der Waals surface area (Å²) in [7, 11) is 3.91. The van der Waals surface area contributed by atoms with Gasteiger partial charge in [0.15, 0.2) is 0 Å². The molecule has 0 atom stereocenters. The van der Waals surface area contributed by atoms with Gasteiger partial charge in [0.05, 0.1) is 22.9 Å². The quantitative estimate of drug-likeness (QED) is 0.490. The lowest BCUT2D eigenvalue weighted by atomic mass is 10.0. The Morgan fingerprint density at radius 2 is 1.58 bits per heavy atom. The van der Waals surface area contributed by atoms with Gasteiger partial charge in [-0.3, -0.25) is 9.59 Å². The third kappa shape index (κ3) is 4.43. The van der Waals surface area contributed by atoms with Gasteiger partial charge < -0.3 is 15.0 Å². The van der Waals surface area contributed by atoms with E-state index < -0.39 is 11.8 Å². The molecule has 1 heterocycles. The molecule has 2 amide bonds. The Kier molecular flexibility index (Phi) is 6.38. The summed E-state index contributed by atoms with van der Waals surface area (Å²) in [5, 5.41) is 3.49. The SMILES string of the molecule is CCOc1ccc(C2=C(Nc3ccc(N(C)C)cc3)C(=O)N(c3ccccc3Cl)C2=O)cc1. The lowest BCUT2D eigenvalue weighted by Gasteiger charge is -2.17. The summed E-state index contributed by atoms with van der Waals surface area (Å²) < 4.78 is 5.52. The summed E-state index contributed by atoms with van der Waals surface area (Å²) in [6.45, 7) is 2.44. The molecule has 33 heavy (non-hydrogen) atoms. The largest absolute Gasteiger partial charge is 0.494 e. The molecule has 1 aliphatic heterocycles. The Hall–Kier alpha value is -3.77. The van der Waals surface area contributed by atoms with Gasteiger partial charge in [0, 0.05) is 25.5 Å². The number of rotatable bonds is 7. The maximum atomic E-state index is 13.5. The van der Waals surface area contributed by atoms with Gasteiger partial charge >= 0.3 is 0 Å². The van der Waals surface area contributed by atoms with Crippen LogP contribution in [0.4, 0.5) is 17.1 Å². The molecule has 168 valence electrons. The number of carbonyl (C=O) groups excluding carboxylic acids is 2. The highest BCUT2D eigenvalue weighted by Gasteiger charge is 2.41. The molecular formula is C26H24ClN3O3. The van der Waals surface area contributed by atoms with Gasteiger partial charge in [-0.25, -0.2) is 4.90 Å². The fourth-order valence-electron chi connectivity index (χ4n) is 3.64. The molecule has 0 fully saturated rings. The summed E-state index contributed by atoms with van der Waals surface area (Å²) in [4.78, 5) is 30.1. The van der Waals surface area contributed by atoms with Crippen molar-refractivity contribution in [3.63, 3.8) is 0 Å². The fraction of sp³-hybridized carbons (Fsp3) is 0.154. The van der Waals surface area contributed by atoms with E-state index in [4.69, 9.17) is 16.3 Å². The van der Waals surface area contributed by atoms with E-state index in [2.05, 4.69) is 5.32 Å². The van der Waals surface area contributed by atoms with Gasteiger partial charge in [-0.15, -0.1) is 0 Å². The molecule has 0 aromatic heterocycles. The second kappa shape index (κ2) is 9.38. The van der Waals surface area contributed by atoms with Crippen LogP contribution in [0.2, 0.25) is 5.02 Å².